The van der Waals surface area contributed by atoms with E-state index in [1.54, 1.807) is 0 Å². The molecule has 2 heterocycles. The number of rotatable bonds is 5. The first-order valence-corrected chi connectivity index (χ1v) is 8.33. The van der Waals surface area contributed by atoms with Gasteiger partial charge in [-0.1, -0.05) is 27.7 Å². The molecule has 1 aliphatic rings. The summed E-state index contributed by atoms with van der Waals surface area (Å²) in [7, 11) is 0. The highest BCUT2D eigenvalue weighted by Crippen LogP contribution is 2.33. The van der Waals surface area contributed by atoms with Gasteiger partial charge in [-0.3, -0.25) is 0 Å². The maximum absolute atomic E-state index is 4.88. The van der Waals surface area contributed by atoms with Crippen LogP contribution in [0.4, 0.5) is 11.6 Å². The average Bonchev–Trinajstić information content (AvgIpc) is 2.76. The van der Waals surface area contributed by atoms with E-state index in [4.69, 9.17) is 9.97 Å². The fraction of sp³-hybridized carbons (Fsp3) is 0.765. The van der Waals surface area contributed by atoms with Crippen LogP contribution in [0.25, 0.3) is 0 Å². The SMILES string of the molecule is CCCNc1nc(C(C)C)nc(N2CC(C)CC2C)c1C. The van der Waals surface area contributed by atoms with Crippen molar-refractivity contribution in [3.05, 3.63) is 11.4 Å². The number of anilines is 2. The summed E-state index contributed by atoms with van der Waals surface area (Å²) in [6, 6.07) is 0.563. The second-order valence-electron chi connectivity index (χ2n) is 6.80. The van der Waals surface area contributed by atoms with Crippen molar-refractivity contribution in [2.24, 2.45) is 5.92 Å². The second kappa shape index (κ2) is 6.63. The van der Waals surface area contributed by atoms with E-state index in [1.165, 1.54) is 12.0 Å². The zero-order valence-corrected chi connectivity index (χ0v) is 14.4. The molecule has 0 aliphatic carbocycles. The lowest BCUT2D eigenvalue weighted by Gasteiger charge is -2.26. The van der Waals surface area contributed by atoms with Crippen molar-refractivity contribution >= 4 is 11.6 Å². The minimum atomic E-state index is 0.349. The smallest absolute Gasteiger partial charge is 0.137 e. The van der Waals surface area contributed by atoms with E-state index < -0.39 is 0 Å². The molecule has 1 fully saturated rings. The molecule has 0 spiro atoms. The van der Waals surface area contributed by atoms with Gasteiger partial charge in [0, 0.05) is 30.6 Å². The Morgan fingerprint density at radius 1 is 1.29 bits per heavy atom. The molecule has 1 aromatic rings. The fourth-order valence-electron chi connectivity index (χ4n) is 3.07. The first kappa shape index (κ1) is 16.1. The third kappa shape index (κ3) is 3.47. The van der Waals surface area contributed by atoms with Crippen LogP contribution in [-0.2, 0) is 0 Å². The molecule has 0 amide bonds. The summed E-state index contributed by atoms with van der Waals surface area (Å²) in [5.74, 6) is 4.17. The molecule has 1 N–H and O–H groups in total. The first-order valence-electron chi connectivity index (χ1n) is 8.33. The van der Waals surface area contributed by atoms with Crippen LogP contribution in [0.1, 0.15) is 64.8 Å². The van der Waals surface area contributed by atoms with Gasteiger partial charge in [0.25, 0.3) is 0 Å². The summed E-state index contributed by atoms with van der Waals surface area (Å²) in [4.78, 5) is 12.1. The van der Waals surface area contributed by atoms with E-state index in [0.29, 0.717) is 12.0 Å². The fourth-order valence-corrected chi connectivity index (χ4v) is 3.07. The van der Waals surface area contributed by atoms with E-state index >= 15 is 0 Å². The number of nitrogens with zero attached hydrogens (tertiary/aromatic N) is 3. The van der Waals surface area contributed by atoms with Gasteiger partial charge in [0.2, 0.25) is 0 Å². The summed E-state index contributed by atoms with van der Waals surface area (Å²) in [6.07, 6.45) is 2.35. The standard InChI is InChI=1S/C17H30N4/c1-7-8-18-16-14(6)17(20-15(19-16)11(2)3)21-10-12(4)9-13(21)5/h11-13H,7-10H2,1-6H3,(H,18,19,20). The summed E-state index contributed by atoms with van der Waals surface area (Å²) in [6.45, 7) is 15.3. The van der Waals surface area contributed by atoms with Crippen LogP contribution in [0.3, 0.4) is 0 Å². The minimum absolute atomic E-state index is 0.349. The van der Waals surface area contributed by atoms with Crippen LogP contribution >= 0.6 is 0 Å². The summed E-state index contributed by atoms with van der Waals surface area (Å²) in [5.41, 5.74) is 1.19. The van der Waals surface area contributed by atoms with Crippen molar-refractivity contribution in [1.29, 1.82) is 0 Å². The molecule has 4 nitrogen and oxygen atoms in total. The van der Waals surface area contributed by atoms with Gasteiger partial charge in [0.1, 0.15) is 17.5 Å². The Morgan fingerprint density at radius 3 is 2.52 bits per heavy atom. The molecule has 4 heteroatoms. The van der Waals surface area contributed by atoms with Crippen molar-refractivity contribution in [3.63, 3.8) is 0 Å². The number of nitrogens with one attached hydrogen (secondary N) is 1. The van der Waals surface area contributed by atoms with E-state index in [1.807, 2.05) is 0 Å². The average molecular weight is 290 g/mol. The maximum Gasteiger partial charge on any atom is 0.137 e. The first-order chi connectivity index (χ1) is 9.93. The monoisotopic (exact) mass is 290 g/mol. The Bertz CT molecular complexity index is 484. The van der Waals surface area contributed by atoms with Crippen molar-refractivity contribution < 1.29 is 0 Å². The van der Waals surface area contributed by atoms with E-state index in [9.17, 15) is 0 Å². The molecule has 2 unspecified atom stereocenters. The molecule has 118 valence electrons. The Morgan fingerprint density at radius 2 is 2.00 bits per heavy atom. The lowest BCUT2D eigenvalue weighted by Crippen LogP contribution is -2.29. The summed E-state index contributed by atoms with van der Waals surface area (Å²) in [5, 5.41) is 3.47. The van der Waals surface area contributed by atoms with E-state index in [-0.39, 0.29) is 0 Å². The Kier molecular flexibility index (Phi) is 5.07. The molecule has 21 heavy (non-hydrogen) atoms. The van der Waals surface area contributed by atoms with Gasteiger partial charge in [0.05, 0.1) is 0 Å². The highest BCUT2D eigenvalue weighted by Gasteiger charge is 2.29. The van der Waals surface area contributed by atoms with Crippen LogP contribution in [0.15, 0.2) is 0 Å². The van der Waals surface area contributed by atoms with Crippen molar-refractivity contribution in [2.75, 3.05) is 23.3 Å². The van der Waals surface area contributed by atoms with Gasteiger partial charge < -0.3 is 10.2 Å². The van der Waals surface area contributed by atoms with Crippen LogP contribution in [0.5, 0.6) is 0 Å². The highest BCUT2D eigenvalue weighted by molar-refractivity contribution is 5.59. The van der Waals surface area contributed by atoms with E-state index in [2.05, 4.69) is 51.8 Å². The van der Waals surface area contributed by atoms with Crippen molar-refractivity contribution in [3.8, 4) is 0 Å². The van der Waals surface area contributed by atoms with Gasteiger partial charge in [-0.05, 0) is 32.6 Å². The van der Waals surface area contributed by atoms with Crippen LogP contribution in [0, 0.1) is 12.8 Å². The maximum atomic E-state index is 4.88. The van der Waals surface area contributed by atoms with Crippen molar-refractivity contribution in [2.45, 2.75) is 66.3 Å². The highest BCUT2D eigenvalue weighted by atomic mass is 15.2. The Hall–Kier alpha value is -1.32. The van der Waals surface area contributed by atoms with Gasteiger partial charge in [-0.15, -0.1) is 0 Å². The van der Waals surface area contributed by atoms with Crippen LogP contribution in [0.2, 0.25) is 0 Å². The molecule has 2 atom stereocenters. The quantitative estimate of drug-likeness (QED) is 0.891. The van der Waals surface area contributed by atoms with Gasteiger partial charge in [0.15, 0.2) is 0 Å². The topological polar surface area (TPSA) is 41.1 Å². The van der Waals surface area contributed by atoms with Gasteiger partial charge >= 0.3 is 0 Å². The van der Waals surface area contributed by atoms with E-state index in [0.717, 1.165) is 42.9 Å². The normalized spacial score (nSPS) is 22.1. The van der Waals surface area contributed by atoms with Crippen LogP contribution in [-0.4, -0.2) is 29.1 Å². The number of hydrogen-bond donors (Lipinski definition) is 1. The third-order valence-corrected chi connectivity index (χ3v) is 4.25. The number of hydrogen-bond acceptors (Lipinski definition) is 4. The van der Waals surface area contributed by atoms with Gasteiger partial charge in [-0.2, -0.15) is 0 Å². The summed E-state index contributed by atoms with van der Waals surface area (Å²) >= 11 is 0. The Labute approximate surface area is 129 Å². The molecule has 1 saturated heterocycles. The molecule has 2 rings (SSSR count). The zero-order chi connectivity index (χ0) is 15.6. The predicted octanol–water partition coefficient (Wildman–Crippen LogP) is 3.97. The molecule has 0 aromatic carbocycles. The summed E-state index contributed by atoms with van der Waals surface area (Å²) < 4.78 is 0. The molecule has 0 bridgehead atoms. The largest absolute Gasteiger partial charge is 0.370 e. The third-order valence-electron chi connectivity index (χ3n) is 4.25. The number of aromatic nitrogens is 2. The molecule has 0 saturated carbocycles. The molecular weight excluding hydrogens is 260 g/mol. The minimum Gasteiger partial charge on any atom is -0.370 e. The molecule has 1 aromatic heterocycles. The lowest BCUT2D eigenvalue weighted by molar-refractivity contribution is 0.625. The molecule has 1 aliphatic heterocycles. The molecular formula is C17H30N4. The molecule has 0 radical (unpaired) electrons. The lowest BCUT2D eigenvalue weighted by atomic mass is 10.1. The Balaban J connectivity index is 2.41. The zero-order valence-electron chi connectivity index (χ0n) is 14.4. The predicted molar refractivity (Wildman–Crippen MR) is 90.2 cm³/mol. The van der Waals surface area contributed by atoms with Crippen molar-refractivity contribution in [1.82, 2.24) is 9.97 Å². The second-order valence-corrected chi connectivity index (χ2v) is 6.80. The van der Waals surface area contributed by atoms with Crippen LogP contribution < -0.4 is 10.2 Å². The van der Waals surface area contributed by atoms with Gasteiger partial charge in [-0.25, -0.2) is 9.97 Å².